The first-order valence-corrected chi connectivity index (χ1v) is 9.66. The molecule has 4 rings (SSSR count). The van der Waals surface area contributed by atoms with E-state index in [1.807, 2.05) is 4.90 Å². The molecule has 1 N–H and O–H groups in total. The molecule has 2 saturated heterocycles. The van der Waals surface area contributed by atoms with Crippen molar-refractivity contribution in [3.05, 3.63) is 53.9 Å². The Hall–Kier alpha value is -2.47. The van der Waals surface area contributed by atoms with Gasteiger partial charge in [-0.25, -0.2) is 9.97 Å². The summed E-state index contributed by atoms with van der Waals surface area (Å²) in [7, 11) is 4.01. The zero-order valence-electron chi connectivity index (χ0n) is 16.1. The largest absolute Gasteiger partial charge is 0.357 e. The molecule has 1 aromatic heterocycles. The molecule has 2 aliphatic heterocycles. The van der Waals surface area contributed by atoms with Gasteiger partial charge >= 0.3 is 0 Å². The fourth-order valence-electron chi connectivity index (χ4n) is 4.61. The number of hydrogen-bond acceptors (Lipinski definition) is 5. The number of carbonyl (C=O) groups excluding carboxylic acids is 1. The minimum absolute atomic E-state index is 0.0350. The molecule has 1 atom stereocenters. The number of carbonyl (C=O) groups is 1. The van der Waals surface area contributed by atoms with Gasteiger partial charge in [-0.2, -0.15) is 0 Å². The van der Waals surface area contributed by atoms with Crippen molar-refractivity contribution in [3.8, 4) is 0 Å². The lowest BCUT2D eigenvalue weighted by Crippen LogP contribution is -2.52. The predicted octanol–water partition coefficient (Wildman–Crippen LogP) is 2.61. The number of likely N-dealkylation sites (N-methyl/N-ethyl adjacent to an activating group) is 1. The number of anilines is 1. The molecular formula is C21H27N5O. The maximum Gasteiger partial charge on any atom is 0.256 e. The lowest BCUT2D eigenvalue weighted by atomic mass is 9.81. The fourth-order valence-corrected chi connectivity index (χ4v) is 4.61. The highest BCUT2D eigenvalue weighted by atomic mass is 16.2. The van der Waals surface area contributed by atoms with Crippen LogP contribution in [0.3, 0.4) is 0 Å². The van der Waals surface area contributed by atoms with Crippen molar-refractivity contribution < 1.29 is 4.79 Å². The Morgan fingerprint density at radius 1 is 1.15 bits per heavy atom. The Balaban J connectivity index is 1.41. The normalized spacial score (nSPS) is 22.1. The first kappa shape index (κ1) is 17.9. The van der Waals surface area contributed by atoms with Crippen molar-refractivity contribution in [2.24, 2.45) is 0 Å². The van der Waals surface area contributed by atoms with Gasteiger partial charge in [0, 0.05) is 44.6 Å². The Morgan fingerprint density at radius 3 is 2.44 bits per heavy atom. The number of likely N-dealkylation sites (tertiary alicyclic amines) is 2. The molecule has 0 unspecified atom stereocenters. The number of aromatic nitrogens is 2. The second-order valence-electron chi connectivity index (χ2n) is 7.75. The van der Waals surface area contributed by atoms with Crippen molar-refractivity contribution in [1.29, 1.82) is 0 Å². The lowest BCUT2D eigenvalue weighted by Gasteiger charge is -2.43. The fraction of sp³-hybridized carbons (Fsp3) is 0.476. The molecule has 2 aromatic rings. The van der Waals surface area contributed by atoms with Crippen molar-refractivity contribution in [1.82, 2.24) is 19.8 Å². The number of nitrogens with zero attached hydrogens (tertiary/aromatic N) is 4. The Kier molecular flexibility index (Phi) is 4.83. The molecular weight excluding hydrogens is 338 g/mol. The summed E-state index contributed by atoms with van der Waals surface area (Å²) in [6.45, 7) is 2.67. The number of rotatable bonds is 3. The van der Waals surface area contributed by atoms with Gasteiger partial charge in [-0.15, -0.1) is 0 Å². The Bertz CT molecular complexity index is 784. The van der Waals surface area contributed by atoms with Crippen LogP contribution in [0.2, 0.25) is 0 Å². The van der Waals surface area contributed by atoms with Gasteiger partial charge in [-0.3, -0.25) is 9.69 Å². The smallest absolute Gasteiger partial charge is 0.256 e. The van der Waals surface area contributed by atoms with E-state index in [1.54, 1.807) is 19.4 Å². The molecule has 0 radical (unpaired) electrons. The van der Waals surface area contributed by atoms with E-state index in [-0.39, 0.29) is 11.4 Å². The Labute approximate surface area is 160 Å². The highest BCUT2D eigenvalue weighted by molar-refractivity contribution is 5.93. The number of piperidine rings is 1. The maximum absolute atomic E-state index is 12.8. The molecule has 27 heavy (non-hydrogen) atoms. The summed E-state index contributed by atoms with van der Waals surface area (Å²) in [6.07, 6.45) is 6.44. The number of amides is 1. The van der Waals surface area contributed by atoms with Gasteiger partial charge in [0.1, 0.15) is 0 Å². The van der Waals surface area contributed by atoms with Crippen LogP contribution in [-0.4, -0.2) is 64.9 Å². The molecule has 142 valence electrons. The van der Waals surface area contributed by atoms with E-state index >= 15 is 0 Å². The van der Waals surface area contributed by atoms with E-state index in [2.05, 4.69) is 57.6 Å². The molecule has 0 aliphatic carbocycles. The van der Waals surface area contributed by atoms with Crippen LogP contribution >= 0.6 is 0 Å². The standard InChI is InChI=1S/C21H27N5O/c1-22-20-23-13-18(14-24-20)19(27)26-10-8-21(9-11-26)12-17(15-25(21)2)16-6-4-3-5-7-16/h3-7,13-14,17H,8-12,15H2,1-2H3,(H,22,23,24)/t17-/m0/s1. The van der Waals surface area contributed by atoms with E-state index < -0.39 is 0 Å². The van der Waals surface area contributed by atoms with Gasteiger partial charge < -0.3 is 10.2 Å². The minimum atomic E-state index is 0.0350. The van der Waals surface area contributed by atoms with Crippen molar-refractivity contribution in [3.63, 3.8) is 0 Å². The van der Waals surface area contributed by atoms with Crippen molar-refractivity contribution in [2.45, 2.75) is 30.7 Å². The van der Waals surface area contributed by atoms with Gasteiger partial charge in [0.15, 0.2) is 0 Å². The summed E-state index contributed by atoms with van der Waals surface area (Å²) in [4.78, 5) is 25.6. The molecule has 6 heteroatoms. The van der Waals surface area contributed by atoms with Gasteiger partial charge in [-0.1, -0.05) is 30.3 Å². The van der Waals surface area contributed by atoms with Gasteiger partial charge in [-0.05, 0) is 37.8 Å². The highest BCUT2D eigenvalue weighted by Crippen LogP contribution is 2.44. The number of benzene rings is 1. The Morgan fingerprint density at radius 2 is 1.81 bits per heavy atom. The summed E-state index contributed by atoms with van der Waals surface area (Å²) in [5.74, 6) is 1.15. The van der Waals surface area contributed by atoms with E-state index in [1.165, 1.54) is 12.0 Å². The SMILES string of the molecule is CNc1ncc(C(=O)N2CCC3(CC2)C[C@H](c2ccccc2)CN3C)cn1. The summed E-state index contributed by atoms with van der Waals surface area (Å²) in [5, 5.41) is 2.88. The molecule has 1 aromatic carbocycles. The molecule has 1 amide bonds. The third-order valence-electron chi connectivity index (χ3n) is 6.31. The molecule has 0 saturated carbocycles. The van der Waals surface area contributed by atoms with E-state index in [9.17, 15) is 4.79 Å². The summed E-state index contributed by atoms with van der Waals surface area (Å²) in [5.41, 5.74) is 2.21. The summed E-state index contributed by atoms with van der Waals surface area (Å²) in [6, 6.07) is 10.8. The van der Waals surface area contributed by atoms with Crippen LogP contribution in [0.1, 0.15) is 41.1 Å². The molecule has 3 heterocycles. The van der Waals surface area contributed by atoms with Crippen LogP contribution in [0, 0.1) is 0 Å². The van der Waals surface area contributed by atoms with Crippen LogP contribution in [0.5, 0.6) is 0 Å². The average Bonchev–Trinajstić information content (AvgIpc) is 3.05. The van der Waals surface area contributed by atoms with Crippen molar-refractivity contribution >= 4 is 11.9 Å². The van der Waals surface area contributed by atoms with Gasteiger partial charge in [0.25, 0.3) is 5.91 Å². The monoisotopic (exact) mass is 365 g/mol. The van der Waals surface area contributed by atoms with Crippen LogP contribution in [0.15, 0.2) is 42.7 Å². The van der Waals surface area contributed by atoms with E-state index in [4.69, 9.17) is 0 Å². The number of nitrogens with one attached hydrogen (secondary N) is 1. The first-order chi connectivity index (χ1) is 13.1. The second-order valence-corrected chi connectivity index (χ2v) is 7.75. The van der Waals surface area contributed by atoms with E-state index in [0.29, 0.717) is 17.4 Å². The van der Waals surface area contributed by atoms with Crippen LogP contribution < -0.4 is 5.32 Å². The molecule has 2 fully saturated rings. The quantitative estimate of drug-likeness (QED) is 0.906. The zero-order chi connectivity index (χ0) is 18.9. The topological polar surface area (TPSA) is 61.4 Å². The minimum Gasteiger partial charge on any atom is -0.357 e. The third-order valence-corrected chi connectivity index (χ3v) is 6.31. The first-order valence-electron chi connectivity index (χ1n) is 9.66. The number of hydrogen-bond donors (Lipinski definition) is 1. The van der Waals surface area contributed by atoms with Gasteiger partial charge in [0.2, 0.25) is 5.95 Å². The molecule has 6 nitrogen and oxygen atoms in total. The van der Waals surface area contributed by atoms with Crippen LogP contribution in [-0.2, 0) is 0 Å². The second kappa shape index (κ2) is 7.27. The van der Waals surface area contributed by atoms with Crippen LogP contribution in [0.25, 0.3) is 0 Å². The van der Waals surface area contributed by atoms with Crippen molar-refractivity contribution in [2.75, 3.05) is 39.0 Å². The summed E-state index contributed by atoms with van der Waals surface area (Å²) >= 11 is 0. The predicted molar refractivity (Wildman–Crippen MR) is 106 cm³/mol. The maximum atomic E-state index is 12.8. The lowest BCUT2D eigenvalue weighted by molar-refractivity contribution is 0.0491. The summed E-state index contributed by atoms with van der Waals surface area (Å²) < 4.78 is 0. The average molecular weight is 365 g/mol. The highest BCUT2D eigenvalue weighted by Gasteiger charge is 2.46. The van der Waals surface area contributed by atoms with E-state index in [0.717, 1.165) is 32.5 Å². The zero-order valence-corrected chi connectivity index (χ0v) is 16.1. The third kappa shape index (κ3) is 3.41. The molecule has 1 spiro atoms. The van der Waals surface area contributed by atoms with Crippen LogP contribution in [0.4, 0.5) is 5.95 Å². The van der Waals surface area contributed by atoms with Gasteiger partial charge in [0.05, 0.1) is 5.56 Å². The molecule has 0 bridgehead atoms. The molecule has 2 aliphatic rings.